The number of hydrogen-bond donors (Lipinski definition) is 2. The molecule has 0 radical (unpaired) electrons. The maximum absolute atomic E-state index is 15.0. The number of allylic oxidation sites excluding steroid dienone is 1. The summed E-state index contributed by atoms with van der Waals surface area (Å²) in [5.74, 6) is -3.84. The summed E-state index contributed by atoms with van der Waals surface area (Å²) < 4.78 is 18.7. The molecule has 12 heteroatoms. The van der Waals surface area contributed by atoms with Gasteiger partial charge in [-0.2, -0.15) is 0 Å². The molecule has 2 aromatic rings. The van der Waals surface area contributed by atoms with Crippen LogP contribution in [0.4, 0.5) is 0 Å². The first-order valence-electron chi connectivity index (χ1n) is 18.0. The Morgan fingerprint density at radius 2 is 1.67 bits per heavy atom. The van der Waals surface area contributed by atoms with Crippen molar-refractivity contribution in [2.75, 3.05) is 52.5 Å². The van der Waals surface area contributed by atoms with Crippen LogP contribution in [0.1, 0.15) is 43.0 Å². The smallest absolute Gasteiger partial charge is 0.313 e. The Balaban J connectivity index is 1.30. The first kappa shape index (κ1) is 35.1. The number of morpholine rings is 1. The van der Waals surface area contributed by atoms with Gasteiger partial charge in [-0.05, 0) is 24.5 Å². The topological polar surface area (TPSA) is 138 Å². The number of likely N-dealkylation sites (tertiary alicyclic amines) is 1. The van der Waals surface area contributed by atoms with Crippen LogP contribution in [0.5, 0.6) is 0 Å². The fourth-order valence-corrected chi connectivity index (χ4v) is 8.34. The SMILES string of the molecule is C[C@@H]1NC(=O)CC/C=C\[C@@H]2O[C@@]34C=CCN(CCN5CCOCC5)C(=O)[C@@H]3N([C@H](CO)c3ccccc3)C(=O)[C@H]4[C@@H]2C(=O)O[C@H]1c1ccccc1. The van der Waals surface area contributed by atoms with E-state index in [0.717, 1.165) is 13.1 Å². The Bertz CT molecular complexity index is 1650. The second kappa shape index (κ2) is 15.1. The lowest BCUT2D eigenvalue weighted by atomic mass is 9.77. The van der Waals surface area contributed by atoms with Gasteiger partial charge < -0.3 is 34.4 Å². The zero-order valence-electron chi connectivity index (χ0n) is 28.8. The Hall–Kier alpha value is -4.36. The van der Waals surface area contributed by atoms with Crippen molar-refractivity contribution in [2.45, 2.75) is 55.7 Å². The van der Waals surface area contributed by atoms with Gasteiger partial charge in [0.15, 0.2) is 0 Å². The number of cyclic esters (lactones) is 1. The number of ether oxygens (including phenoxy) is 3. The quantitative estimate of drug-likeness (QED) is 0.329. The van der Waals surface area contributed by atoms with E-state index in [1.165, 1.54) is 4.90 Å². The van der Waals surface area contributed by atoms with Gasteiger partial charge in [-0.25, -0.2) is 0 Å². The number of hydrogen-bond acceptors (Lipinski definition) is 9. The standard InChI is InChI=1S/C39H46N4O8/c1-26-34(28-13-6-3-7-14-28)50-38(48)32-30(15-8-9-16-31(45)40-26)51-39-17-10-18-42(20-19-41-21-23-49-24-22-41)37(47)35(39)43(36(46)33(32)39)29(25-44)27-11-4-2-5-12-27/h2-8,10-15,17,26,29-30,32-35,44H,9,16,18-25H2,1H3,(H,40,45)/b15-8-/t26-,29+,30-,32+,33+,34+,35-,39+/m0/s1. The molecule has 2 aromatic carbocycles. The Morgan fingerprint density at radius 1 is 0.941 bits per heavy atom. The van der Waals surface area contributed by atoms with Gasteiger partial charge in [-0.15, -0.1) is 0 Å². The second-order valence-corrected chi connectivity index (χ2v) is 13.9. The summed E-state index contributed by atoms with van der Waals surface area (Å²) in [5, 5.41) is 13.8. The van der Waals surface area contributed by atoms with Gasteiger partial charge in [0.25, 0.3) is 0 Å². The molecule has 3 saturated heterocycles. The first-order chi connectivity index (χ1) is 24.8. The molecule has 12 nitrogen and oxygen atoms in total. The van der Waals surface area contributed by atoms with Crippen LogP contribution in [-0.4, -0.2) is 120 Å². The summed E-state index contributed by atoms with van der Waals surface area (Å²) >= 11 is 0. The number of aliphatic hydroxyl groups excluding tert-OH is 1. The van der Waals surface area contributed by atoms with Crippen LogP contribution >= 0.6 is 0 Å². The minimum Gasteiger partial charge on any atom is -0.455 e. The molecule has 1 spiro atoms. The third-order valence-corrected chi connectivity index (χ3v) is 10.8. The zero-order valence-corrected chi connectivity index (χ0v) is 28.8. The van der Waals surface area contributed by atoms with E-state index in [2.05, 4.69) is 10.2 Å². The van der Waals surface area contributed by atoms with Crippen LogP contribution in [0.2, 0.25) is 0 Å². The molecule has 0 unspecified atom stereocenters. The van der Waals surface area contributed by atoms with Crippen molar-refractivity contribution in [3.05, 3.63) is 96.1 Å². The molecule has 3 fully saturated rings. The van der Waals surface area contributed by atoms with E-state index in [0.29, 0.717) is 50.4 Å². The molecule has 51 heavy (non-hydrogen) atoms. The average Bonchev–Trinajstić information content (AvgIpc) is 3.54. The Labute approximate surface area is 298 Å². The highest BCUT2D eigenvalue weighted by Crippen LogP contribution is 2.55. The zero-order chi connectivity index (χ0) is 35.5. The van der Waals surface area contributed by atoms with Crippen LogP contribution < -0.4 is 5.32 Å². The van der Waals surface area contributed by atoms with Crippen LogP contribution in [0.25, 0.3) is 0 Å². The summed E-state index contributed by atoms with van der Waals surface area (Å²) in [6.45, 7) is 5.50. The fraction of sp³-hybridized carbons (Fsp3) is 0.487. The molecular weight excluding hydrogens is 652 g/mol. The summed E-state index contributed by atoms with van der Waals surface area (Å²) in [6, 6.07) is 15.7. The second-order valence-electron chi connectivity index (χ2n) is 13.9. The highest BCUT2D eigenvalue weighted by Gasteiger charge is 2.72. The van der Waals surface area contributed by atoms with Gasteiger partial charge in [0.1, 0.15) is 23.7 Å². The molecule has 8 atom stereocenters. The van der Waals surface area contributed by atoms with Crippen molar-refractivity contribution in [2.24, 2.45) is 11.8 Å². The lowest BCUT2D eigenvalue weighted by molar-refractivity contribution is -0.162. The maximum atomic E-state index is 15.0. The Kier molecular flexibility index (Phi) is 10.4. The van der Waals surface area contributed by atoms with Gasteiger partial charge in [0.05, 0.1) is 43.9 Å². The minimum absolute atomic E-state index is 0.180. The number of benzene rings is 2. The minimum atomic E-state index is -1.52. The molecule has 270 valence electrons. The molecule has 5 aliphatic heterocycles. The van der Waals surface area contributed by atoms with E-state index in [1.807, 2.05) is 66.7 Å². The van der Waals surface area contributed by atoms with Gasteiger partial charge in [0, 0.05) is 39.1 Å². The molecule has 0 bridgehead atoms. The number of carbonyl (C=O) groups is 4. The molecule has 5 heterocycles. The van der Waals surface area contributed by atoms with Gasteiger partial charge in [-0.1, -0.05) is 85.0 Å². The Morgan fingerprint density at radius 3 is 2.39 bits per heavy atom. The van der Waals surface area contributed by atoms with Crippen LogP contribution in [0.15, 0.2) is 85.0 Å². The maximum Gasteiger partial charge on any atom is 0.313 e. The molecular formula is C39H46N4O8. The highest BCUT2D eigenvalue weighted by molar-refractivity contribution is 5.99. The molecule has 0 saturated carbocycles. The molecule has 0 aromatic heterocycles. The number of nitrogens with one attached hydrogen (secondary N) is 1. The number of rotatable bonds is 7. The van der Waals surface area contributed by atoms with Gasteiger partial charge in [-0.3, -0.25) is 24.1 Å². The molecule has 0 aliphatic carbocycles. The predicted octanol–water partition coefficient (Wildman–Crippen LogP) is 2.17. The van der Waals surface area contributed by atoms with Crippen molar-refractivity contribution >= 4 is 23.7 Å². The monoisotopic (exact) mass is 698 g/mol. The van der Waals surface area contributed by atoms with Crippen LogP contribution in [-0.2, 0) is 33.4 Å². The number of aliphatic hydroxyl groups is 1. The highest BCUT2D eigenvalue weighted by atomic mass is 16.6. The van der Waals surface area contributed by atoms with Crippen molar-refractivity contribution in [1.82, 2.24) is 20.0 Å². The molecule has 5 aliphatic rings. The van der Waals surface area contributed by atoms with Gasteiger partial charge >= 0.3 is 5.97 Å². The summed E-state index contributed by atoms with van der Waals surface area (Å²) in [7, 11) is 0. The van der Waals surface area contributed by atoms with E-state index in [-0.39, 0.29) is 18.2 Å². The number of carbonyl (C=O) groups excluding carboxylic acids is 4. The van der Waals surface area contributed by atoms with E-state index in [1.54, 1.807) is 30.1 Å². The summed E-state index contributed by atoms with van der Waals surface area (Å²) in [6.07, 6.45) is 6.01. The van der Waals surface area contributed by atoms with Crippen molar-refractivity contribution in [3.63, 3.8) is 0 Å². The molecule has 2 N–H and O–H groups in total. The van der Waals surface area contributed by atoms with Crippen molar-refractivity contribution in [3.8, 4) is 0 Å². The summed E-state index contributed by atoms with van der Waals surface area (Å²) in [5.41, 5.74) is -0.167. The van der Waals surface area contributed by atoms with Crippen LogP contribution in [0.3, 0.4) is 0 Å². The molecule has 7 rings (SSSR count). The normalized spacial score (nSPS) is 32.8. The number of esters is 1. The fourth-order valence-electron chi connectivity index (χ4n) is 8.34. The predicted molar refractivity (Wildman–Crippen MR) is 186 cm³/mol. The number of amides is 3. The van der Waals surface area contributed by atoms with E-state index >= 15 is 4.79 Å². The number of fused-ring (bicyclic) bond motifs is 2. The first-order valence-corrected chi connectivity index (χ1v) is 18.0. The van der Waals surface area contributed by atoms with E-state index < -0.39 is 66.3 Å². The third kappa shape index (κ3) is 6.73. The lowest BCUT2D eigenvalue weighted by Crippen LogP contribution is -2.57. The largest absolute Gasteiger partial charge is 0.455 e. The third-order valence-electron chi connectivity index (χ3n) is 10.8. The van der Waals surface area contributed by atoms with Crippen molar-refractivity contribution in [1.29, 1.82) is 0 Å². The lowest BCUT2D eigenvalue weighted by Gasteiger charge is -2.39. The van der Waals surface area contributed by atoms with E-state index in [9.17, 15) is 19.5 Å². The average molecular weight is 699 g/mol. The van der Waals surface area contributed by atoms with Crippen molar-refractivity contribution < 1.29 is 38.5 Å². The molecule has 3 amide bonds. The summed E-state index contributed by atoms with van der Waals surface area (Å²) in [4.78, 5) is 62.8. The van der Waals surface area contributed by atoms with Crippen LogP contribution in [0, 0.1) is 11.8 Å². The van der Waals surface area contributed by atoms with E-state index in [4.69, 9.17) is 14.2 Å². The van der Waals surface area contributed by atoms with Gasteiger partial charge in [0.2, 0.25) is 17.7 Å². The number of nitrogens with zero attached hydrogens (tertiary/aromatic N) is 3.